The van der Waals surface area contributed by atoms with E-state index in [1.807, 2.05) is 24.3 Å². The van der Waals surface area contributed by atoms with Crippen LogP contribution in [0.2, 0.25) is 10.0 Å². The smallest absolute Gasteiger partial charge is 0.234 e. The maximum Gasteiger partial charge on any atom is 0.234 e. The van der Waals surface area contributed by atoms with Crippen LogP contribution in [0, 0.1) is 6.92 Å². The lowest BCUT2D eigenvalue weighted by Crippen LogP contribution is -2.21. The number of nitrogens with one attached hydrogen (secondary N) is 1. The highest BCUT2D eigenvalue weighted by molar-refractivity contribution is 6.36. The molecular formula is C18H21Cl2N5O. The van der Waals surface area contributed by atoms with Gasteiger partial charge in [-0.05, 0) is 38.1 Å². The standard InChI is InChI=1S/C18H21Cl2N5O/c1-3-6-22-17(26)15-9-25-16(12-5-4-11(19)7-14(12)20)13(8-21)10(2)23-18(25)24-15/h4-5,7,9,17,22,26H,3,6,8,21H2,1-2H3. The minimum atomic E-state index is -0.869. The molecule has 0 fully saturated rings. The van der Waals surface area contributed by atoms with Crippen LogP contribution in [0.25, 0.3) is 17.0 Å². The highest BCUT2D eigenvalue weighted by Gasteiger charge is 2.20. The molecule has 0 saturated carbocycles. The summed E-state index contributed by atoms with van der Waals surface area (Å²) in [7, 11) is 0. The second-order valence-corrected chi connectivity index (χ2v) is 6.89. The summed E-state index contributed by atoms with van der Waals surface area (Å²) in [6.45, 7) is 4.90. The Morgan fingerprint density at radius 2 is 2.08 bits per heavy atom. The number of imidazole rings is 1. The Labute approximate surface area is 162 Å². The molecule has 8 heteroatoms. The lowest BCUT2D eigenvalue weighted by molar-refractivity contribution is 0.135. The second kappa shape index (κ2) is 7.90. The van der Waals surface area contributed by atoms with Gasteiger partial charge in [0.25, 0.3) is 0 Å². The van der Waals surface area contributed by atoms with Gasteiger partial charge < -0.3 is 10.8 Å². The zero-order chi connectivity index (χ0) is 18.8. The topological polar surface area (TPSA) is 88.5 Å². The zero-order valence-corrected chi connectivity index (χ0v) is 16.1. The number of nitrogens with zero attached hydrogens (tertiary/aromatic N) is 3. The molecule has 0 aliphatic carbocycles. The Morgan fingerprint density at radius 1 is 1.31 bits per heavy atom. The van der Waals surface area contributed by atoms with Crippen LogP contribution in [0.5, 0.6) is 0 Å². The van der Waals surface area contributed by atoms with Crippen molar-refractivity contribution in [3.8, 4) is 11.3 Å². The molecular weight excluding hydrogens is 373 g/mol. The molecule has 26 heavy (non-hydrogen) atoms. The number of aromatic nitrogens is 3. The summed E-state index contributed by atoms with van der Waals surface area (Å²) in [4.78, 5) is 8.99. The van der Waals surface area contributed by atoms with Crippen LogP contribution in [0.4, 0.5) is 0 Å². The van der Waals surface area contributed by atoms with E-state index in [4.69, 9.17) is 28.9 Å². The molecule has 1 unspecified atom stereocenters. The van der Waals surface area contributed by atoms with Gasteiger partial charge in [-0.1, -0.05) is 30.1 Å². The number of aliphatic hydroxyl groups excluding tert-OH is 1. The minimum absolute atomic E-state index is 0.299. The summed E-state index contributed by atoms with van der Waals surface area (Å²) in [5, 5.41) is 14.4. The van der Waals surface area contributed by atoms with Crippen molar-refractivity contribution in [3.05, 3.63) is 51.4 Å². The van der Waals surface area contributed by atoms with Gasteiger partial charge >= 0.3 is 0 Å². The highest BCUT2D eigenvalue weighted by Crippen LogP contribution is 2.34. The molecule has 1 atom stereocenters. The van der Waals surface area contributed by atoms with Crippen LogP contribution in [-0.2, 0) is 6.54 Å². The summed E-state index contributed by atoms with van der Waals surface area (Å²) in [5.74, 6) is 0.480. The average molecular weight is 394 g/mol. The maximum atomic E-state index is 10.3. The van der Waals surface area contributed by atoms with E-state index in [1.165, 1.54) is 0 Å². The molecule has 0 spiro atoms. The molecule has 0 amide bonds. The molecule has 0 radical (unpaired) electrons. The molecule has 0 aliphatic heterocycles. The molecule has 1 aromatic carbocycles. The summed E-state index contributed by atoms with van der Waals surface area (Å²) in [6, 6.07) is 5.32. The van der Waals surface area contributed by atoms with Crippen molar-refractivity contribution in [2.75, 3.05) is 6.54 Å². The van der Waals surface area contributed by atoms with Crippen LogP contribution in [-0.4, -0.2) is 26.0 Å². The second-order valence-electron chi connectivity index (χ2n) is 6.05. The predicted octanol–water partition coefficient (Wildman–Crippen LogP) is 3.46. The van der Waals surface area contributed by atoms with Crippen molar-refractivity contribution in [2.24, 2.45) is 5.73 Å². The van der Waals surface area contributed by atoms with Crippen LogP contribution >= 0.6 is 23.2 Å². The third-order valence-electron chi connectivity index (χ3n) is 4.20. The van der Waals surface area contributed by atoms with Crippen molar-refractivity contribution in [1.29, 1.82) is 0 Å². The van der Waals surface area contributed by atoms with Gasteiger partial charge in [0.2, 0.25) is 5.78 Å². The van der Waals surface area contributed by atoms with E-state index in [1.54, 1.807) is 18.3 Å². The molecule has 0 bridgehead atoms. The van der Waals surface area contributed by atoms with Crippen LogP contribution in [0.15, 0.2) is 24.4 Å². The molecule has 4 N–H and O–H groups in total. The molecule has 6 nitrogen and oxygen atoms in total. The zero-order valence-electron chi connectivity index (χ0n) is 14.6. The number of aryl methyl sites for hydroxylation is 1. The van der Waals surface area contributed by atoms with Crippen molar-refractivity contribution < 1.29 is 5.11 Å². The van der Waals surface area contributed by atoms with E-state index in [0.717, 1.165) is 28.9 Å². The Balaban J connectivity index is 2.23. The summed E-state index contributed by atoms with van der Waals surface area (Å²) >= 11 is 12.5. The van der Waals surface area contributed by atoms with Gasteiger partial charge in [0.05, 0.1) is 10.7 Å². The number of rotatable bonds is 6. The van der Waals surface area contributed by atoms with Gasteiger partial charge in [0, 0.05) is 34.6 Å². The van der Waals surface area contributed by atoms with Gasteiger partial charge in [-0.3, -0.25) is 9.72 Å². The normalized spacial score (nSPS) is 12.7. The quantitative estimate of drug-likeness (QED) is 0.558. The van der Waals surface area contributed by atoms with Gasteiger partial charge in [-0.25, -0.2) is 9.97 Å². The SMILES string of the molecule is CCCNC(O)c1cn2c(-c3ccc(Cl)cc3Cl)c(CN)c(C)nc2n1. The van der Waals surface area contributed by atoms with Crippen molar-refractivity contribution in [1.82, 2.24) is 19.7 Å². The highest BCUT2D eigenvalue weighted by atomic mass is 35.5. The van der Waals surface area contributed by atoms with Gasteiger partial charge in [0.1, 0.15) is 11.9 Å². The first kappa shape index (κ1) is 19.1. The summed E-state index contributed by atoms with van der Waals surface area (Å²) < 4.78 is 1.82. The molecule has 0 aliphatic rings. The molecule has 138 valence electrons. The van der Waals surface area contributed by atoms with Crippen LogP contribution in [0.3, 0.4) is 0 Å². The molecule has 2 aromatic heterocycles. The summed E-state index contributed by atoms with van der Waals surface area (Å²) in [5.41, 5.74) is 9.70. The number of nitrogens with two attached hydrogens (primary N) is 1. The van der Waals surface area contributed by atoms with E-state index < -0.39 is 6.23 Å². The Morgan fingerprint density at radius 3 is 2.73 bits per heavy atom. The fourth-order valence-electron chi connectivity index (χ4n) is 2.90. The number of hydrogen-bond donors (Lipinski definition) is 3. The van der Waals surface area contributed by atoms with E-state index in [0.29, 0.717) is 34.6 Å². The van der Waals surface area contributed by atoms with Crippen molar-refractivity contribution >= 4 is 29.0 Å². The van der Waals surface area contributed by atoms with Crippen LogP contribution < -0.4 is 11.1 Å². The molecule has 3 rings (SSSR count). The fraction of sp³-hybridized carbons (Fsp3) is 0.333. The van der Waals surface area contributed by atoms with Crippen molar-refractivity contribution in [2.45, 2.75) is 33.0 Å². The maximum absolute atomic E-state index is 10.3. The Bertz CT molecular complexity index is 941. The number of benzene rings is 1. The van der Waals surface area contributed by atoms with Crippen molar-refractivity contribution in [3.63, 3.8) is 0 Å². The average Bonchev–Trinajstić information content (AvgIpc) is 3.02. The van der Waals surface area contributed by atoms with E-state index in [9.17, 15) is 5.11 Å². The fourth-order valence-corrected chi connectivity index (χ4v) is 3.40. The molecule has 2 heterocycles. The number of halogens is 2. The third kappa shape index (κ3) is 3.56. The van der Waals surface area contributed by atoms with Gasteiger partial charge in [-0.15, -0.1) is 0 Å². The Kier molecular flexibility index (Phi) is 5.79. The Hall–Kier alpha value is -1.70. The molecule has 3 aromatic rings. The van der Waals surface area contributed by atoms with E-state index in [-0.39, 0.29) is 0 Å². The molecule has 0 saturated heterocycles. The number of aliphatic hydroxyl groups is 1. The summed E-state index contributed by atoms with van der Waals surface area (Å²) in [6.07, 6.45) is 1.80. The first-order chi connectivity index (χ1) is 12.5. The monoisotopic (exact) mass is 393 g/mol. The van der Waals surface area contributed by atoms with E-state index in [2.05, 4.69) is 15.3 Å². The first-order valence-electron chi connectivity index (χ1n) is 8.41. The van der Waals surface area contributed by atoms with Gasteiger partial charge in [0.15, 0.2) is 0 Å². The minimum Gasteiger partial charge on any atom is -0.373 e. The number of hydrogen-bond acceptors (Lipinski definition) is 5. The lowest BCUT2D eigenvalue weighted by atomic mass is 10.0. The number of fused-ring (bicyclic) bond motifs is 1. The van der Waals surface area contributed by atoms with Gasteiger partial charge in [-0.2, -0.15) is 0 Å². The third-order valence-corrected chi connectivity index (χ3v) is 4.74. The van der Waals surface area contributed by atoms with E-state index >= 15 is 0 Å². The first-order valence-corrected chi connectivity index (χ1v) is 9.17. The lowest BCUT2D eigenvalue weighted by Gasteiger charge is -2.14. The largest absolute Gasteiger partial charge is 0.373 e. The predicted molar refractivity (Wildman–Crippen MR) is 104 cm³/mol. The van der Waals surface area contributed by atoms with Crippen LogP contribution in [0.1, 0.15) is 36.5 Å².